The van der Waals surface area contributed by atoms with Gasteiger partial charge in [0.05, 0.1) is 12.7 Å². The number of hydrogen-bond acceptors (Lipinski definition) is 5. The number of aliphatic hydroxyl groups excluding tert-OH is 1. The summed E-state index contributed by atoms with van der Waals surface area (Å²) in [5.41, 5.74) is 0.887. The first-order valence-electron chi connectivity index (χ1n) is 7.95. The smallest absolute Gasteiger partial charge is 0.411 e. The van der Waals surface area contributed by atoms with Gasteiger partial charge in [-0.2, -0.15) is 0 Å². The van der Waals surface area contributed by atoms with Crippen LogP contribution in [0.5, 0.6) is 0 Å². The van der Waals surface area contributed by atoms with Crippen LogP contribution in [0.25, 0.3) is 0 Å². The summed E-state index contributed by atoms with van der Waals surface area (Å²) in [6.07, 6.45) is 0.0189. The third-order valence-electron chi connectivity index (χ3n) is 4.59. The highest BCUT2D eigenvalue weighted by Crippen LogP contribution is 2.43. The van der Waals surface area contributed by atoms with Gasteiger partial charge in [0, 0.05) is 12.0 Å². The maximum Gasteiger partial charge on any atom is 0.411 e. The van der Waals surface area contributed by atoms with E-state index in [-0.39, 0.29) is 25.2 Å². The fourth-order valence-corrected chi connectivity index (χ4v) is 3.59. The summed E-state index contributed by atoms with van der Waals surface area (Å²) in [5, 5.41) is 10.0. The summed E-state index contributed by atoms with van der Waals surface area (Å²) in [7, 11) is 0. The van der Waals surface area contributed by atoms with E-state index in [2.05, 4.69) is 0 Å². The molecule has 4 unspecified atom stereocenters. The number of aliphatic hydroxyl groups is 1. The van der Waals surface area contributed by atoms with E-state index >= 15 is 0 Å². The normalized spacial score (nSPS) is 28.7. The predicted octanol–water partition coefficient (Wildman–Crippen LogP) is 1.71. The number of amides is 1. The summed E-state index contributed by atoms with van der Waals surface area (Å²) in [5.74, 6) is -0.723. The van der Waals surface area contributed by atoms with Crippen LogP contribution in [0.1, 0.15) is 25.3 Å². The van der Waals surface area contributed by atoms with Gasteiger partial charge in [0.1, 0.15) is 12.6 Å². The van der Waals surface area contributed by atoms with Crippen LogP contribution in [0.3, 0.4) is 0 Å². The van der Waals surface area contributed by atoms with Crippen molar-refractivity contribution in [2.45, 2.75) is 44.6 Å². The number of fused-ring (bicyclic) bond motifs is 2. The number of ether oxygens (including phenoxy) is 2. The first kappa shape index (κ1) is 15.8. The minimum absolute atomic E-state index is 0.158. The number of likely N-dealkylation sites (tertiary alicyclic amines) is 1. The molecular formula is C17H21NO5. The Kier molecular flexibility index (Phi) is 4.52. The molecule has 0 radical (unpaired) electrons. The van der Waals surface area contributed by atoms with Crippen molar-refractivity contribution in [1.29, 1.82) is 0 Å². The van der Waals surface area contributed by atoms with Crippen molar-refractivity contribution in [2.75, 3.05) is 6.61 Å². The van der Waals surface area contributed by atoms with Gasteiger partial charge in [0.15, 0.2) is 0 Å². The third-order valence-corrected chi connectivity index (χ3v) is 4.59. The maximum atomic E-state index is 12.4. The van der Waals surface area contributed by atoms with Crippen LogP contribution in [0.2, 0.25) is 0 Å². The number of esters is 1. The van der Waals surface area contributed by atoms with Crippen molar-refractivity contribution in [2.24, 2.45) is 5.92 Å². The minimum atomic E-state index is -0.744. The monoisotopic (exact) mass is 319 g/mol. The minimum Gasteiger partial charge on any atom is -0.464 e. The lowest BCUT2D eigenvalue weighted by Crippen LogP contribution is -2.53. The molecule has 1 saturated carbocycles. The van der Waals surface area contributed by atoms with Crippen molar-refractivity contribution < 1.29 is 24.2 Å². The number of benzene rings is 1. The van der Waals surface area contributed by atoms with Gasteiger partial charge in [0.25, 0.3) is 0 Å². The van der Waals surface area contributed by atoms with E-state index in [0.717, 1.165) is 5.56 Å². The molecule has 1 amide bonds. The zero-order valence-electron chi connectivity index (χ0n) is 13.1. The molecule has 1 aliphatic heterocycles. The molecule has 1 saturated heterocycles. The zero-order chi connectivity index (χ0) is 16.4. The van der Waals surface area contributed by atoms with Crippen molar-refractivity contribution >= 4 is 12.1 Å². The molecule has 4 atom stereocenters. The molecule has 2 bridgehead atoms. The number of piperidine rings is 1. The zero-order valence-corrected chi connectivity index (χ0v) is 13.1. The van der Waals surface area contributed by atoms with Crippen LogP contribution in [0.4, 0.5) is 4.79 Å². The lowest BCUT2D eigenvalue weighted by atomic mass is 9.96. The van der Waals surface area contributed by atoms with Gasteiger partial charge in [-0.15, -0.1) is 0 Å². The molecule has 6 heteroatoms. The molecule has 6 nitrogen and oxygen atoms in total. The molecule has 2 fully saturated rings. The average molecular weight is 319 g/mol. The summed E-state index contributed by atoms with van der Waals surface area (Å²) < 4.78 is 10.4. The van der Waals surface area contributed by atoms with Crippen molar-refractivity contribution in [1.82, 2.24) is 4.90 Å². The molecule has 2 aliphatic rings. The molecule has 23 heavy (non-hydrogen) atoms. The highest BCUT2D eigenvalue weighted by atomic mass is 16.6. The Morgan fingerprint density at radius 1 is 1.22 bits per heavy atom. The Hall–Kier alpha value is -2.08. The second-order valence-corrected chi connectivity index (χ2v) is 6.00. The highest BCUT2D eigenvalue weighted by Gasteiger charge is 2.56. The molecule has 0 spiro atoms. The predicted molar refractivity (Wildman–Crippen MR) is 81.4 cm³/mol. The van der Waals surface area contributed by atoms with Gasteiger partial charge in [-0.25, -0.2) is 9.59 Å². The Bertz CT molecular complexity index is 576. The molecule has 1 N–H and O–H groups in total. The number of rotatable bonds is 4. The first-order valence-corrected chi connectivity index (χ1v) is 7.95. The second-order valence-electron chi connectivity index (χ2n) is 6.00. The first-order chi connectivity index (χ1) is 11.1. The van der Waals surface area contributed by atoms with E-state index in [1.165, 1.54) is 4.90 Å². The van der Waals surface area contributed by atoms with Crippen molar-refractivity contribution in [3.8, 4) is 0 Å². The Labute approximate surface area is 135 Å². The van der Waals surface area contributed by atoms with Crippen molar-refractivity contribution in [3.05, 3.63) is 35.9 Å². The van der Waals surface area contributed by atoms with E-state index in [9.17, 15) is 14.7 Å². The average Bonchev–Trinajstić information content (AvgIpc) is 3.10. The van der Waals surface area contributed by atoms with Gasteiger partial charge >= 0.3 is 12.1 Å². The van der Waals surface area contributed by atoms with E-state index in [1.54, 1.807) is 6.92 Å². The molecule has 1 aromatic carbocycles. The van der Waals surface area contributed by atoms with Crippen LogP contribution in [-0.4, -0.2) is 46.9 Å². The summed E-state index contributed by atoms with van der Waals surface area (Å²) in [6, 6.07) is 8.48. The largest absolute Gasteiger partial charge is 0.464 e. The van der Waals surface area contributed by atoms with Crippen LogP contribution in [0.15, 0.2) is 30.3 Å². The molecule has 124 valence electrons. The van der Waals surface area contributed by atoms with Gasteiger partial charge in [-0.3, -0.25) is 4.90 Å². The Morgan fingerprint density at radius 3 is 2.65 bits per heavy atom. The molecule has 0 aromatic heterocycles. The number of carbonyl (C=O) groups is 2. The maximum absolute atomic E-state index is 12.4. The quantitative estimate of drug-likeness (QED) is 0.855. The summed E-state index contributed by atoms with van der Waals surface area (Å²) in [6.45, 7) is 2.13. The van der Waals surface area contributed by atoms with Gasteiger partial charge in [0.2, 0.25) is 0 Å². The lowest BCUT2D eigenvalue weighted by molar-refractivity contribution is -0.152. The van der Waals surface area contributed by atoms with Gasteiger partial charge in [-0.1, -0.05) is 30.3 Å². The summed E-state index contributed by atoms with van der Waals surface area (Å²) >= 11 is 0. The molecule has 1 heterocycles. The van der Waals surface area contributed by atoms with E-state index in [4.69, 9.17) is 9.47 Å². The van der Waals surface area contributed by atoms with Crippen molar-refractivity contribution in [3.63, 3.8) is 0 Å². The van der Waals surface area contributed by atoms with Crippen LogP contribution < -0.4 is 0 Å². The Morgan fingerprint density at radius 2 is 1.96 bits per heavy atom. The van der Waals surface area contributed by atoms with Gasteiger partial charge < -0.3 is 14.6 Å². The van der Waals surface area contributed by atoms with Crippen LogP contribution >= 0.6 is 0 Å². The standard InChI is InChI=1S/C17H21NO5/c1-2-22-16(20)15-13-8-12(9-14(13)19)18(15)17(21)23-10-11-6-4-3-5-7-11/h3-7,12-15,19H,2,8-10H2,1H3. The molecule has 1 aliphatic carbocycles. The fourth-order valence-electron chi connectivity index (χ4n) is 3.59. The molecular weight excluding hydrogens is 298 g/mol. The molecule has 1 aromatic rings. The molecule has 3 rings (SSSR count). The topological polar surface area (TPSA) is 76.1 Å². The van der Waals surface area contributed by atoms with Gasteiger partial charge in [-0.05, 0) is 25.3 Å². The third kappa shape index (κ3) is 3.03. The fraction of sp³-hybridized carbons (Fsp3) is 0.529. The van der Waals surface area contributed by atoms with E-state index in [0.29, 0.717) is 12.8 Å². The summed E-state index contributed by atoms with van der Waals surface area (Å²) in [4.78, 5) is 26.1. The lowest BCUT2D eigenvalue weighted by Gasteiger charge is -2.34. The van der Waals surface area contributed by atoms with Crippen LogP contribution in [0, 0.1) is 5.92 Å². The van der Waals surface area contributed by atoms with E-state index < -0.39 is 24.2 Å². The van der Waals surface area contributed by atoms with Crippen LogP contribution in [-0.2, 0) is 20.9 Å². The number of carbonyl (C=O) groups excluding carboxylic acids is 2. The number of hydrogen-bond donors (Lipinski definition) is 1. The second kappa shape index (κ2) is 6.58. The Balaban J connectivity index is 1.69. The highest BCUT2D eigenvalue weighted by molar-refractivity contribution is 5.83. The van der Waals surface area contributed by atoms with E-state index in [1.807, 2.05) is 30.3 Å². The SMILES string of the molecule is CCOC(=O)C1C2CC(CC2O)N1C(=O)OCc1ccccc1. The number of nitrogens with zero attached hydrogens (tertiary/aromatic N) is 1.